The summed E-state index contributed by atoms with van der Waals surface area (Å²) in [6, 6.07) is 4.76. The molecule has 2 rings (SSSR count). The van der Waals surface area contributed by atoms with E-state index in [1.54, 1.807) is 26.0 Å². The molecule has 0 unspecified atom stereocenters. The first-order valence-electron chi connectivity index (χ1n) is 5.77. The van der Waals surface area contributed by atoms with Crippen LogP contribution >= 0.6 is 15.9 Å². The highest BCUT2D eigenvalue weighted by Gasteiger charge is 2.30. The van der Waals surface area contributed by atoms with Gasteiger partial charge in [0.2, 0.25) is 0 Å². The van der Waals surface area contributed by atoms with Gasteiger partial charge in [-0.1, -0.05) is 6.07 Å². The summed E-state index contributed by atoms with van der Waals surface area (Å²) >= 11 is 3.09. The Morgan fingerprint density at radius 2 is 2.20 bits per heavy atom. The van der Waals surface area contributed by atoms with Crippen molar-refractivity contribution in [2.24, 2.45) is 5.41 Å². The molecule has 0 aliphatic heterocycles. The highest BCUT2D eigenvalue weighted by Crippen LogP contribution is 2.27. The maximum atomic E-state index is 14.1. The average molecular weight is 343 g/mol. The lowest BCUT2D eigenvalue weighted by Crippen LogP contribution is -2.30. The van der Waals surface area contributed by atoms with Gasteiger partial charge in [0.1, 0.15) is 5.82 Å². The summed E-state index contributed by atoms with van der Waals surface area (Å²) < 4.78 is 15.6. The van der Waals surface area contributed by atoms with Crippen LogP contribution < -0.4 is 0 Å². The van der Waals surface area contributed by atoms with Crippen molar-refractivity contribution >= 4 is 21.9 Å². The number of carboxylic acids is 1. The molecule has 0 amide bonds. The predicted molar refractivity (Wildman–Crippen MR) is 72.3 cm³/mol. The molecule has 0 saturated carbocycles. The minimum atomic E-state index is -1.06. The van der Waals surface area contributed by atoms with Gasteiger partial charge in [-0.05, 0) is 52.3 Å². The van der Waals surface area contributed by atoms with Gasteiger partial charge >= 0.3 is 5.97 Å². The van der Waals surface area contributed by atoms with Crippen molar-refractivity contribution in [1.82, 2.24) is 20.2 Å². The van der Waals surface area contributed by atoms with Gasteiger partial charge in [0.15, 0.2) is 5.82 Å². The van der Waals surface area contributed by atoms with Crippen molar-refractivity contribution in [1.29, 1.82) is 0 Å². The molecule has 1 aromatic carbocycles. The van der Waals surface area contributed by atoms with E-state index in [0.717, 1.165) is 0 Å². The Balaban J connectivity index is 2.44. The fourth-order valence-electron chi connectivity index (χ4n) is 1.62. The number of carbonyl (C=O) groups is 1. The van der Waals surface area contributed by atoms with Crippen LogP contribution in [0.3, 0.4) is 0 Å². The normalized spacial score (nSPS) is 11.6. The third kappa shape index (κ3) is 2.69. The first kappa shape index (κ1) is 14.6. The number of halogens is 2. The van der Waals surface area contributed by atoms with Gasteiger partial charge in [-0.2, -0.15) is 0 Å². The Morgan fingerprint density at radius 3 is 2.85 bits per heavy atom. The van der Waals surface area contributed by atoms with Crippen molar-refractivity contribution in [3.05, 3.63) is 28.5 Å². The molecule has 106 valence electrons. The summed E-state index contributed by atoms with van der Waals surface area (Å²) in [5.74, 6) is -1.27. The second-order valence-corrected chi connectivity index (χ2v) is 5.80. The third-order valence-electron chi connectivity index (χ3n) is 2.85. The van der Waals surface area contributed by atoms with E-state index in [1.165, 1.54) is 10.7 Å². The molecule has 0 saturated heterocycles. The number of benzene rings is 1. The molecule has 0 aliphatic rings. The standard InChI is InChI=1S/C12H12BrFN4O2/c1-12(2,11(19)20)6-18-10(15-16-17-18)7-4-3-5-8(13)9(7)14/h3-5H,6H2,1-2H3,(H,19,20). The van der Waals surface area contributed by atoms with Crippen molar-refractivity contribution in [2.75, 3.05) is 0 Å². The molecule has 20 heavy (non-hydrogen) atoms. The van der Waals surface area contributed by atoms with Crippen LogP contribution in [0.25, 0.3) is 11.4 Å². The number of aliphatic carboxylic acids is 1. The van der Waals surface area contributed by atoms with E-state index in [-0.39, 0.29) is 17.9 Å². The molecule has 0 atom stereocenters. The van der Waals surface area contributed by atoms with Crippen LogP contribution in [0, 0.1) is 11.2 Å². The van der Waals surface area contributed by atoms with E-state index in [1.807, 2.05) is 0 Å². The van der Waals surface area contributed by atoms with Gasteiger partial charge in [-0.25, -0.2) is 9.07 Å². The van der Waals surface area contributed by atoms with Crippen molar-refractivity contribution in [3.8, 4) is 11.4 Å². The van der Waals surface area contributed by atoms with Crippen molar-refractivity contribution < 1.29 is 14.3 Å². The Labute approximate surface area is 122 Å². The molecule has 2 aromatic rings. The smallest absolute Gasteiger partial charge is 0.310 e. The lowest BCUT2D eigenvalue weighted by molar-refractivity contribution is -0.147. The molecule has 0 bridgehead atoms. The molecule has 0 spiro atoms. The Bertz CT molecular complexity index is 657. The molecule has 1 N–H and O–H groups in total. The first-order chi connectivity index (χ1) is 9.33. The van der Waals surface area contributed by atoms with Gasteiger partial charge in [-0.15, -0.1) is 5.10 Å². The average Bonchev–Trinajstić information content (AvgIpc) is 2.80. The molecule has 0 aliphatic carbocycles. The van der Waals surface area contributed by atoms with E-state index < -0.39 is 17.2 Å². The topological polar surface area (TPSA) is 80.9 Å². The Morgan fingerprint density at radius 1 is 1.50 bits per heavy atom. The second-order valence-electron chi connectivity index (χ2n) is 4.95. The van der Waals surface area contributed by atoms with Crippen molar-refractivity contribution in [3.63, 3.8) is 0 Å². The number of aromatic nitrogens is 4. The highest BCUT2D eigenvalue weighted by molar-refractivity contribution is 9.10. The van der Waals surface area contributed by atoms with Crippen LogP contribution in [-0.4, -0.2) is 31.3 Å². The van der Waals surface area contributed by atoms with Gasteiger partial charge in [0.25, 0.3) is 0 Å². The van der Waals surface area contributed by atoms with Crippen LogP contribution in [-0.2, 0) is 11.3 Å². The zero-order valence-corrected chi connectivity index (χ0v) is 12.4. The lowest BCUT2D eigenvalue weighted by Gasteiger charge is -2.19. The Kier molecular flexibility index (Phi) is 3.85. The van der Waals surface area contributed by atoms with E-state index in [4.69, 9.17) is 5.11 Å². The fourth-order valence-corrected chi connectivity index (χ4v) is 1.99. The lowest BCUT2D eigenvalue weighted by atomic mass is 9.94. The highest BCUT2D eigenvalue weighted by atomic mass is 79.9. The fraction of sp³-hybridized carbons (Fsp3) is 0.333. The molecule has 1 aromatic heterocycles. The summed E-state index contributed by atoms with van der Waals surface area (Å²) in [5.41, 5.74) is -0.849. The number of nitrogens with zero attached hydrogens (tertiary/aromatic N) is 4. The molecular weight excluding hydrogens is 331 g/mol. The van der Waals surface area contributed by atoms with Crippen LogP contribution in [0.5, 0.6) is 0 Å². The maximum absolute atomic E-state index is 14.1. The molecule has 0 radical (unpaired) electrons. The number of rotatable bonds is 4. The summed E-state index contributed by atoms with van der Waals surface area (Å²) in [7, 11) is 0. The Hall–Kier alpha value is -1.83. The molecular formula is C12H12BrFN4O2. The van der Waals surface area contributed by atoms with Crippen LogP contribution in [0.15, 0.2) is 22.7 Å². The van der Waals surface area contributed by atoms with Gasteiger partial charge in [0, 0.05) is 0 Å². The van der Waals surface area contributed by atoms with E-state index in [0.29, 0.717) is 4.47 Å². The van der Waals surface area contributed by atoms with Crippen LogP contribution in [0.2, 0.25) is 0 Å². The predicted octanol–water partition coefficient (Wildman–Crippen LogP) is 2.35. The SMILES string of the molecule is CC(C)(Cn1nnnc1-c1cccc(Br)c1F)C(=O)O. The summed E-state index contributed by atoms with van der Waals surface area (Å²) in [6.45, 7) is 3.15. The van der Waals surface area contributed by atoms with E-state index >= 15 is 0 Å². The van der Waals surface area contributed by atoms with E-state index in [9.17, 15) is 9.18 Å². The molecule has 8 heteroatoms. The monoisotopic (exact) mass is 342 g/mol. The van der Waals surface area contributed by atoms with Gasteiger partial charge < -0.3 is 5.11 Å². The molecule has 0 fully saturated rings. The van der Waals surface area contributed by atoms with Crippen molar-refractivity contribution in [2.45, 2.75) is 20.4 Å². The number of hydrogen-bond donors (Lipinski definition) is 1. The quantitative estimate of drug-likeness (QED) is 0.922. The van der Waals surface area contributed by atoms with Crippen LogP contribution in [0.1, 0.15) is 13.8 Å². The third-order valence-corrected chi connectivity index (χ3v) is 3.46. The van der Waals surface area contributed by atoms with Gasteiger partial charge in [0.05, 0.1) is 22.0 Å². The van der Waals surface area contributed by atoms with E-state index in [2.05, 4.69) is 31.5 Å². The largest absolute Gasteiger partial charge is 0.481 e. The van der Waals surface area contributed by atoms with Gasteiger partial charge in [-0.3, -0.25) is 4.79 Å². The number of hydrogen-bond acceptors (Lipinski definition) is 4. The van der Waals surface area contributed by atoms with Crippen LogP contribution in [0.4, 0.5) is 4.39 Å². The zero-order chi connectivity index (χ0) is 14.9. The zero-order valence-electron chi connectivity index (χ0n) is 10.8. The summed E-state index contributed by atoms with van der Waals surface area (Å²) in [6.07, 6.45) is 0. The minimum absolute atomic E-state index is 0.0383. The second kappa shape index (κ2) is 5.28. The summed E-state index contributed by atoms with van der Waals surface area (Å²) in [5, 5.41) is 20.2. The molecule has 6 nitrogen and oxygen atoms in total. The minimum Gasteiger partial charge on any atom is -0.481 e. The summed E-state index contributed by atoms with van der Waals surface area (Å²) in [4.78, 5) is 11.2. The number of carboxylic acid groups (broad SMARTS) is 1. The first-order valence-corrected chi connectivity index (χ1v) is 6.56. The molecule has 1 heterocycles. The maximum Gasteiger partial charge on any atom is 0.310 e. The number of tetrazole rings is 1.